The third kappa shape index (κ3) is 9.70. The van der Waals surface area contributed by atoms with Crippen molar-refractivity contribution in [1.29, 1.82) is 0 Å². The van der Waals surface area contributed by atoms with Crippen molar-refractivity contribution in [2.45, 2.75) is 57.8 Å². The second kappa shape index (κ2) is 13.7. The molecule has 0 aromatic heterocycles. The van der Waals surface area contributed by atoms with Crippen LogP contribution in [0.1, 0.15) is 32.8 Å². The molecule has 0 saturated carbocycles. The van der Waals surface area contributed by atoms with Gasteiger partial charge >= 0.3 is 5.97 Å². The molecule has 3 amide bonds. The number of nitrogens with one attached hydrogen (secondary N) is 3. The van der Waals surface area contributed by atoms with Crippen molar-refractivity contribution in [1.82, 2.24) is 16.0 Å². The average molecular weight is 483 g/mol. The van der Waals surface area contributed by atoms with Crippen LogP contribution in [0.3, 0.4) is 0 Å². The molecule has 0 spiro atoms. The summed E-state index contributed by atoms with van der Waals surface area (Å²) < 4.78 is 0. The van der Waals surface area contributed by atoms with Crippen LogP contribution in [0.4, 0.5) is 0 Å². The Labute approximate surface area is 198 Å². The predicted molar refractivity (Wildman–Crippen MR) is 127 cm³/mol. The van der Waals surface area contributed by atoms with E-state index in [0.29, 0.717) is 11.3 Å². The first-order valence-corrected chi connectivity index (χ1v) is 12.0. The van der Waals surface area contributed by atoms with Gasteiger partial charge in [-0.05, 0) is 49.0 Å². The maximum absolute atomic E-state index is 13.0. The smallest absolute Gasteiger partial charge is 0.326 e. The number of rotatable bonds is 13. The second-order valence-electron chi connectivity index (χ2n) is 8.13. The number of phenols is 1. The van der Waals surface area contributed by atoms with Crippen LogP contribution >= 0.6 is 11.8 Å². The summed E-state index contributed by atoms with van der Waals surface area (Å²) >= 11 is 1.45. The maximum atomic E-state index is 13.0. The van der Waals surface area contributed by atoms with Crippen molar-refractivity contribution in [2.24, 2.45) is 11.7 Å². The minimum atomic E-state index is -1.17. The van der Waals surface area contributed by atoms with E-state index in [4.69, 9.17) is 5.73 Å². The Bertz CT molecular complexity index is 816. The van der Waals surface area contributed by atoms with Crippen LogP contribution in [0, 0.1) is 5.92 Å². The Morgan fingerprint density at radius 3 is 2.00 bits per heavy atom. The summed E-state index contributed by atoms with van der Waals surface area (Å²) in [7, 11) is 0. The summed E-state index contributed by atoms with van der Waals surface area (Å²) in [5, 5.41) is 26.7. The number of hydrogen-bond donors (Lipinski definition) is 6. The minimum absolute atomic E-state index is 0.0466. The van der Waals surface area contributed by atoms with Crippen LogP contribution in [0.2, 0.25) is 0 Å². The number of aromatic hydroxyl groups is 1. The van der Waals surface area contributed by atoms with Gasteiger partial charge in [0, 0.05) is 6.42 Å². The molecule has 0 heterocycles. The third-order valence-corrected chi connectivity index (χ3v) is 5.54. The van der Waals surface area contributed by atoms with Crippen molar-refractivity contribution in [2.75, 3.05) is 12.0 Å². The van der Waals surface area contributed by atoms with Crippen molar-refractivity contribution in [3.8, 4) is 5.75 Å². The van der Waals surface area contributed by atoms with Gasteiger partial charge in [-0.3, -0.25) is 14.4 Å². The van der Waals surface area contributed by atoms with Gasteiger partial charge < -0.3 is 31.9 Å². The molecule has 10 nitrogen and oxygen atoms in total. The molecule has 0 fully saturated rings. The summed E-state index contributed by atoms with van der Waals surface area (Å²) in [5.41, 5.74) is 6.23. The third-order valence-electron chi connectivity index (χ3n) is 4.89. The number of carbonyl (C=O) groups excluding carboxylic acids is 3. The quantitative estimate of drug-likeness (QED) is 0.232. The van der Waals surface area contributed by atoms with E-state index in [9.17, 15) is 29.4 Å². The molecule has 0 aliphatic carbocycles. The van der Waals surface area contributed by atoms with Crippen molar-refractivity contribution >= 4 is 35.5 Å². The van der Waals surface area contributed by atoms with E-state index in [-0.39, 0.29) is 24.5 Å². The lowest BCUT2D eigenvalue weighted by molar-refractivity contribution is -0.142. The molecule has 11 heteroatoms. The first-order chi connectivity index (χ1) is 15.5. The fourth-order valence-electron chi connectivity index (χ4n) is 2.92. The Balaban J connectivity index is 3.10. The van der Waals surface area contributed by atoms with Gasteiger partial charge in [0.1, 0.15) is 23.9 Å². The van der Waals surface area contributed by atoms with Gasteiger partial charge in [-0.25, -0.2) is 4.79 Å². The molecule has 33 heavy (non-hydrogen) atoms. The molecule has 0 aliphatic heterocycles. The van der Waals surface area contributed by atoms with Crippen LogP contribution in [-0.4, -0.2) is 70.1 Å². The summed E-state index contributed by atoms with van der Waals surface area (Å²) in [6.45, 7) is 4.97. The number of carbonyl (C=O) groups is 4. The van der Waals surface area contributed by atoms with Crippen molar-refractivity contribution < 1.29 is 29.4 Å². The molecular formula is C22H34N4O6S. The fourth-order valence-corrected chi connectivity index (χ4v) is 3.39. The number of nitrogens with two attached hydrogens (primary N) is 1. The van der Waals surface area contributed by atoms with E-state index in [1.807, 2.05) is 6.26 Å². The SMILES string of the molecule is CSCCC(NC(=O)C(Cc1ccc(O)cc1)NC(=O)C(NC(=O)C(C)N)C(C)C)C(=O)O. The van der Waals surface area contributed by atoms with E-state index >= 15 is 0 Å². The number of benzene rings is 1. The summed E-state index contributed by atoms with van der Waals surface area (Å²) in [5.74, 6) is -2.64. The zero-order valence-corrected chi connectivity index (χ0v) is 20.1. The fraction of sp³-hybridized carbons (Fsp3) is 0.545. The standard InChI is InChI=1S/C22H34N4O6S/c1-12(2)18(26-19(28)13(3)23)21(30)25-17(11-14-5-7-15(27)8-6-14)20(29)24-16(22(31)32)9-10-33-4/h5-8,12-13,16-18,27H,9-11,23H2,1-4H3,(H,24,29)(H,25,30)(H,26,28)(H,31,32). The van der Waals surface area contributed by atoms with Crippen LogP contribution in [0.5, 0.6) is 5.75 Å². The van der Waals surface area contributed by atoms with Crippen LogP contribution < -0.4 is 21.7 Å². The topological polar surface area (TPSA) is 171 Å². The number of thioether (sulfide) groups is 1. The minimum Gasteiger partial charge on any atom is -0.508 e. The molecule has 0 saturated heterocycles. The zero-order chi connectivity index (χ0) is 25.1. The lowest BCUT2D eigenvalue weighted by atomic mass is 10.0. The highest BCUT2D eigenvalue weighted by atomic mass is 32.2. The Morgan fingerprint density at radius 1 is 0.939 bits per heavy atom. The van der Waals surface area contributed by atoms with Crippen LogP contribution in [0.25, 0.3) is 0 Å². The van der Waals surface area contributed by atoms with Crippen molar-refractivity contribution in [3.05, 3.63) is 29.8 Å². The van der Waals surface area contributed by atoms with E-state index in [0.717, 1.165) is 0 Å². The van der Waals surface area contributed by atoms with Gasteiger partial charge in [0.2, 0.25) is 17.7 Å². The van der Waals surface area contributed by atoms with Crippen LogP contribution in [-0.2, 0) is 25.6 Å². The lowest BCUT2D eigenvalue weighted by Crippen LogP contribution is -2.58. The van der Waals surface area contributed by atoms with E-state index in [1.165, 1.54) is 30.8 Å². The Hall–Kier alpha value is -2.79. The molecule has 1 aromatic rings. The van der Waals surface area contributed by atoms with Crippen LogP contribution in [0.15, 0.2) is 24.3 Å². The Morgan fingerprint density at radius 2 is 1.52 bits per heavy atom. The number of carboxylic acids is 1. The predicted octanol–water partition coefficient (Wildman–Crippen LogP) is 0.230. The number of aliphatic carboxylic acids is 1. The van der Waals surface area contributed by atoms with Crippen molar-refractivity contribution in [3.63, 3.8) is 0 Å². The first kappa shape index (κ1) is 28.2. The molecule has 1 rings (SSSR count). The molecule has 0 bridgehead atoms. The van der Waals surface area contributed by atoms with Gasteiger partial charge in [-0.2, -0.15) is 11.8 Å². The average Bonchev–Trinajstić information content (AvgIpc) is 2.74. The molecule has 1 aromatic carbocycles. The molecule has 7 N–H and O–H groups in total. The van der Waals surface area contributed by atoms with E-state index in [2.05, 4.69) is 16.0 Å². The van der Waals surface area contributed by atoms with E-state index in [1.54, 1.807) is 26.0 Å². The summed E-state index contributed by atoms with van der Waals surface area (Å²) in [6.07, 6.45) is 2.11. The van der Waals surface area contributed by atoms with Gasteiger partial charge in [0.15, 0.2) is 0 Å². The zero-order valence-electron chi connectivity index (χ0n) is 19.3. The number of hydrogen-bond acceptors (Lipinski definition) is 7. The summed E-state index contributed by atoms with van der Waals surface area (Å²) in [4.78, 5) is 49.6. The largest absolute Gasteiger partial charge is 0.508 e. The highest BCUT2D eigenvalue weighted by Crippen LogP contribution is 2.13. The molecule has 4 atom stereocenters. The molecule has 0 aliphatic rings. The lowest BCUT2D eigenvalue weighted by Gasteiger charge is -2.26. The Kier molecular flexibility index (Phi) is 11.7. The highest BCUT2D eigenvalue weighted by molar-refractivity contribution is 7.98. The van der Waals surface area contributed by atoms with Gasteiger partial charge in [-0.15, -0.1) is 0 Å². The highest BCUT2D eigenvalue weighted by Gasteiger charge is 2.31. The van der Waals surface area contributed by atoms with E-state index < -0.39 is 47.9 Å². The molecule has 184 valence electrons. The number of amides is 3. The normalized spacial score (nSPS) is 14.6. The molecule has 4 unspecified atom stereocenters. The number of phenolic OH excluding ortho intramolecular Hbond substituents is 1. The van der Waals surface area contributed by atoms with Gasteiger partial charge in [0.25, 0.3) is 0 Å². The number of carboxylic acid groups (broad SMARTS) is 1. The molecule has 0 radical (unpaired) electrons. The summed E-state index contributed by atoms with van der Waals surface area (Å²) in [6, 6.07) is 2.13. The van der Waals surface area contributed by atoms with Gasteiger partial charge in [-0.1, -0.05) is 26.0 Å². The van der Waals surface area contributed by atoms with Gasteiger partial charge in [0.05, 0.1) is 6.04 Å². The maximum Gasteiger partial charge on any atom is 0.326 e. The monoisotopic (exact) mass is 482 g/mol. The first-order valence-electron chi connectivity index (χ1n) is 10.6. The molecular weight excluding hydrogens is 448 g/mol. The second-order valence-corrected chi connectivity index (χ2v) is 9.12.